The molecule has 4 aromatic rings. The van der Waals surface area contributed by atoms with Gasteiger partial charge in [-0.1, -0.05) is 17.7 Å². The first-order chi connectivity index (χ1) is 14.5. The Bertz CT molecular complexity index is 1200. The summed E-state index contributed by atoms with van der Waals surface area (Å²) in [5.41, 5.74) is 7.93. The maximum absolute atomic E-state index is 10.7. The van der Waals surface area contributed by atoms with Crippen molar-refractivity contribution in [2.24, 2.45) is 0 Å². The van der Waals surface area contributed by atoms with Gasteiger partial charge in [-0.2, -0.15) is 0 Å². The fraction of sp³-hybridized carbons (Fsp3) is 0.136. The van der Waals surface area contributed by atoms with Gasteiger partial charge in [0.25, 0.3) is 0 Å². The molecule has 3 N–H and O–H groups in total. The molecule has 0 fully saturated rings. The molecule has 0 unspecified atom stereocenters. The van der Waals surface area contributed by atoms with Crippen LogP contribution in [0.2, 0.25) is 5.02 Å². The number of nitrogen functional groups attached to an aromatic ring is 1. The van der Waals surface area contributed by atoms with Gasteiger partial charge in [0.1, 0.15) is 28.7 Å². The van der Waals surface area contributed by atoms with Gasteiger partial charge in [0.2, 0.25) is 11.8 Å². The number of hydrogen-bond acceptors (Lipinski definition) is 6. The van der Waals surface area contributed by atoms with Gasteiger partial charge in [-0.15, -0.1) is 0 Å². The number of nitrogens with zero attached hydrogens (tertiary/aromatic N) is 2. The van der Waals surface area contributed by atoms with Crippen molar-refractivity contribution in [3.8, 4) is 34.4 Å². The Hall–Kier alpha value is -3.58. The van der Waals surface area contributed by atoms with E-state index in [0.29, 0.717) is 39.4 Å². The molecule has 0 aliphatic carbocycles. The first-order valence-corrected chi connectivity index (χ1v) is 9.51. The highest BCUT2D eigenvalue weighted by Crippen LogP contribution is 2.33. The number of aromatic nitrogens is 2. The lowest BCUT2D eigenvalue weighted by atomic mass is 10.1. The van der Waals surface area contributed by atoms with Crippen LogP contribution < -0.4 is 15.2 Å². The minimum absolute atomic E-state index is 0.0498. The fourth-order valence-electron chi connectivity index (χ4n) is 3.21. The molecular weight excluding hydrogens is 406 g/mol. The molecule has 0 radical (unpaired) electrons. The average Bonchev–Trinajstić information content (AvgIpc) is 3.32. The van der Waals surface area contributed by atoms with Gasteiger partial charge < -0.3 is 24.7 Å². The van der Waals surface area contributed by atoms with E-state index in [1.165, 1.54) is 4.57 Å². The van der Waals surface area contributed by atoms with Crippen molar-refractivity contribution < 1.29 is 19.0 Å². The van der Waals surface area contributed by atoms with Crippen LogP contribution in [0.15, 0.2) is 59.0 Å². The summed E-state index contributed by atoms with van der Waals surface area (Å²) in [4.78, 5) is 4.31. The number of rotatable bonds is 6. The highest BCUT2D eigenvalue weighted by atomic mass is 35.5. The number of nitrogens with two attached hydrogens (primary N) is 1. The topological polar surface area (TPSA) is 95.7 Å². The molecule has 0 saturated carbocycles. The molecule has 2 heterocycles. The summed E-state index contributed by atoms with van der Waals surface area (Å²) < 4.78 is 17.8. The van der Waals surface area contributed by atoms with Crippen LogP contribution in [0, 0.1) is 0 Å². The summed E-state index contributed by atoms with van der Waals surface area (Å²) in [5.74, 6) is 2.64. The van der Waals surface area contributed by atoms with Crippen molar-refractivity contribution in [2.45, 2.75) is 6.42 Å². The summed E-state index contributed by atoms with van der Waals surface area (Å²) in [7, 11) is 3.14. The van der Waals surface area contributed by atoms with E-state index in [0.717, 1.165) is 5.56 Å². The van der Waals surface area contributed by atoms with Crippen molar-refractivity contribution in [1.29, 1.82) is 0 Å². The lowest BCUT2D eigenvalue weighted by Crippen LogP contribution is -2.00. The van der Waals surface area contributed by atoms with Crippen LogP contribution in [-0.2, 0) is 6.42 Å². The highest BCUT2D eigenvalue weighted by Gasteiger charge is 2.18. The summed E-state index contributed by atoms with van der Waals surface area (Å²) in [5, 5.41) is 11.2. The summed E-state index contributed by atoms with van der Waals surface area (Å²) in [6.07, 6.45) is 0.275. The Morgan fingerprint density at radius 3 is 2.67 bits per heavy atom. The van der Waals surface area contributed by atoms with Crippen molar-refractivity contribution in [3.05, 3.63) is 71.1 Å². The third-order valence-electron chi connectivity index (χ3n) is 4.70. The van der Waals surface area contributed by atoms with E-state index in [2.05, 4.69) is 4.98 Å². The van der Waals surface area contributed by atoms with Crippen molar-refractivity contribution in [1.82, 2.24) is 9.55 Å². The maximum atomic E-state index is 10.7. The van der Waals surface area contributed by atoms with Gasteiger partial charge in [-0.25, -0.2) is 9.55 Å². The molecule has 0 aliphatic heterocycles. The van der Waals surface area contributed by atoms with Crippen LogP contribution in [0.1, 0.15) is 11.5 Å². The molecule has 0 atom stereocenters. The van der Waals surface area contributed by atoms with E-state index in [9.17, 15) is 5.11 Å². The average molecular weight is 426 g/mol. The molecule has 30 heavy (non-hydrogen) atoms. The van der Waals surface area contributed by atoms with Crippen LogP contribution in [-0.4, -0.2) is 28.9 Å². The van der Waals surface area contributed by atoms with Crippen LogP contribution >= 0.6 is 11.6 Å². The standard InChI is InChI=1S/C22H20ClN3O4/c1-28-15-5-3-4-14(11-15)26-21(27)18(25-22(26)24)12-16-7-9-19(30-16)13-6-8-20(29-2)17(23)10-13/h3-11,27H,12H2,1-2H3,(H2,24,25). The summed E-state index contributed by atoms with van der Waals surface area (Å²) >= 11 is 6.20. The van der Waals surface area contributed by atoms with Gasteiger partial charge >= 0.3 is 0 Å². The number of hydrogen-bond donors (Lipinski definition) is 2. The predicted octanol–water partition coefficient (Wildman–Crippen LogP) is 4.68. The number of imidazole rings is 1. The molecule has 2 aromatic heterocycles. The minimum Gasteiger partial charge on any atom is -0.497 e. The van der Waals surface area contributed by atoms with Crippen molar-refractivity contribution in [3.63, 3.8) is 0 Å². The molecule has 0 saturated heterocycles. The zero-order valence-electron chi connectivity index (χ0n) is 16.4. The lowest BCUT2D eigenvalue weighted by Gasteiger charge is -2.08. The van der Waals surface area contributed by atoms with Crippen LogP contribution in [0.4, 0.5) is 5.95 Å². The summed E-state index contributed by atoms with van der Waals surface area (Å²) in [6.45, 7) is 0. The maximum Gasteiger partial charge on any atom is 0.221 e. The van der Waals surface area contributed by atoms with E-state index < -0.39 is 0 Å². The minimum atomic E-state index is -0.0498. The Kier molecular flexibility index (Phi) is 5.29. The first kappa shape index (κ1) is 19.7. The third-order valence-corrected chi connectivity index (χ3v) is 5.00. The number of aromatic hydroxyl groups is 1. The second-order valence-electron chi connectivity index (χ2n) is 6.57. The molecule has 154 valence electrons. The predicted molar refractivity (Wildman–Crippen MR) is 115 cm³/mol. The third kappa shape index (κ3) is 3.67. The lowest BCUT2D eigenvalue weighted by molar-refractivity contribution is 0.413. The second-order valence-corrected chi connectivity index (χ2v) is 6.98. The van der Waals surface area contributed by atoms with Gasteiger partial charge in [0.05, 0.1) is 31.4 Å². The van der Waals surface area contributed by atoms with Gasteiger partial charge in [0.15, 0.2) is 0 Å². The van der Waals surface area contributed by atoms with Crippen molar-refractivity contribution >= 4 is 17.5 Å². The van der Waals surface area contributed by atoms with Gasteiger partial charge in [0, 0.05) is 11.6 Å². The number of anilines is 1. The van der Waals surface area contributed by atoms with Crippen molar-refractivity contribution in [2.75, 3.05) is 20.0 Å². The largest absolute Gasteiger partial charge is 0.497 e. The molecule has 0 bridgehead atoms. The first-order valence-electron chi connectivity index (χ1n) is 9.13. The van der Waals surface area contributed by atoms with E-state index >= 15 is 0 Å². The Labute approximate surface area is 178 Å². The van der Waals surface area contributed by atoms with Gasteiger partial charge in [-0.3, -0.25) is 0 Å². The quantitative estimate of drug-likeness (QED) is 0.465. The van der Waals surface area contributed by atoms with Gasteiger partial charge in [-0.05, 0) is 42.5 Å². The molecule has 7 nitrogen and oxygen atoms in total. The molecule has 0 amide bonds. The number of furan rings is 1. The fourth-order valence-corrected chi connectivity index (χ4v) is 3.47. The Balaban J connectivity index is 1.61. The Morgan fingerprint density at radius 2 is 1.93 bits per heavy atom. The van der Waals surface area contributed by atoms with E-state index in [4.69, 9.17) is 31.2 Å². The Morgan fingerprint density at radius 1 is 1.10 bits per heavy atom. The van der Waals surface area contributed by atoms with E-state index in [-0.39, 0.29) is 18.2 Å². The molecule has 0 aliphatic rings. The smallest absolute Gasteiger partial charge is 0.221 e. The summed E-state index contributed by atoms with van der Waals surface area (Å²) in [6, 6.07) is 16.3. The molecular formula is C22H20ClN3O4. The van der Waals surface area contributed by atoms with E-state index in [1.54, 1.807) is 32.4 Å². The zero-order chi connectivity index (χ0) is 21.3. The van der Waals surface area contributed by atoms with E-state index in [1.807, 2.05) is 36.4 Å². The molecule has 8 heteroatoms. The normalized spacial score (nSPS) is 10.9. The molecule has 0 spiro atoms. The number of ether oxygens (including phenoxy) is 2. The number of methoxy groups -OCH3 is 2. The monoisotopic (exact) mass is 425 g/mol. The molecule has 4 rings (SSSR count). The number of halogens is 1. The van der Waals surface area contributed by atoms with Crippen LogP contribution in [0.25, 0.3) is 17.0 Å². The highest BCUT2D eigenvalue weighted by molar-refractivity contribution is 6.32. The zero-order valence-corrected chi connectivity index (χ0v) is 17.2. The SMILES string of the molecule is COc1cccc(-n2c(N)nc(Cc3ccc(-c4ccc(OC)c(Cl)c4)o3)c2O)c1. The van der Waals surface area contributed by atoms with Crippen LogP contribution in [0.5, 0.6) is 17.4 Å². The molecule has 2 aromatic carbocycles. The second kappa shape index (κ2) is 8.04. The number of benzene rings is 2. The van der Waals surface area contributed by atoms with Crippen LogP contribution in [0.3, 0.4) is 0 Å².